The molecule has 0 fully saturated rings. The third kappa shape index (κ3) is 2.53. The number of nitrogens with zero attached hydrogens (tertiary/aromatic N) is 5. The summed E-state index contributed by atoms with van der Waals surface area (Å²) in [5, 5.41) is 8.81. The fourth-order valence-electron chi connectivity index (χ4n) is 2.48. The molecule has 0 bridgehead atoms. The van der Waals surface area contributed by atoms with Crippen LogP contribution in [0, 0.1) is 13.8 Å². The van der Waals surface area contributed by atoms with Gasteiger partial charge in [0.1, 0.15) is 18.7 Å². The molecule has 0 aliphatic heterocycles. The molecule has 1 unspecified atom stereocenters. The molecule has 0 spiro atoms. The predicted molar refractivity (Wildman–Crippen MR) is 73.8 cm³/mol. The largest absolute Gasteiger partial charge is 0.324 e. The number of aryl methyl sites for hydroxylation is 1. The fourth-order valence-corrected chi connectivity index (χ4v) is 2.48. The monoisotopic (exact) mass is 262 g/mol. The summed E-state index contributed by atoms with van der Waals surface area (Å²) in [6, 6.07) is 0.291. The lowest BCUT2D eigenvalue weighted by molar-refractivity contribution is 0.485. The molecule has 0 aromatic carbocycles. The molecule has 1 atom stereocenters. The third-order valence-corrected chi connectivity index (χ3v) is 3.32. The molecule has 2 aromatic heterocycles. The van der Waals surface area contributed by atoms with Crippen molar-refractivity contribution in [2.45, 2.75) is 53.2 Å². The highest BCUT2D eigenvalue weighted by Crippen LogP contribution is 2.20. The summed E-state index contributed by atoms with van der Waals surface area (Å²) in [5.74, 6) is 0.914. The molecule has 2 N–H and O–H groups in total. The Labute approximate surface area is 113 Å². The van der Waals surface area contributed by atoms with E-state index in [1.54, 1.807) is 6.33 Å². The lowest BCUT2D eigenvalue weighted by atomic mass is 10.1. The second-order valence-corrected chi connectivity index (χ2v) is 5.25. The summed E-state index contributed by atoms with van der Waals surface area (Å²) in [5.41, 5.74) is 9.21. The van der Waals surface area contributed by atoms with Gasteiger partial charge in [0.05, 0.1) is 5.69 Å². The predicted octanol–water partition coefficient (Wildman–Crippen LogP) is 1.74. The van der Waals surface area contributed by atoms with E-state index in [1.165, 1.54) is 0 Å². The summed E-state index contributed by atoms with van der Waals surface area (Å²) in [7, 11) is 0. The average Bonchev–Trinajstić information content (AvgIpc) is 2.85. The summed E-state index contributed by atoms with van der Waals surface area (Å²) >= 11 is 0. The van der Waals surface area contributed by atoms with Gasteiger partial charge < -0.3 is 5.73 Å². The standard InChI is InChI=1S/C13H22N6/c1-8(2)19-12(15-7-16-19)6-18-11(5)13(9(3)14)10(4)17-18/h7-9H,6,14H2,1-5H3. The minimum absolute atomic E-state index is 0.00304. The van der Waals surface area contributed by atoms with Crippen LogP contribution >= 0.6 is 0 Å². The van der Waals surface area contributed by atoms with Gasteiger partial charge in [-0.1, -0.05) is 0 Å². The molecule has 19 heavy (non-hydrogen) atoms. The second kappa shape index (κ2) is 5.13. The first-order chi connectivity index (χ1) is 8.91. The third-order valence-electron chi connectivity index (χ3n) is 3.32. The van der Waals surface area contributed by atoms with Crippen LogP contribution in [0.2, 0.25) is 0 Å². The highest BCUT2D eigenvalue weighted by Gasteiger charge is 2.16. The molecule has 2 heterocycles. The topological polar surface area (TPSA) is 74.5 Å². The molecule has 0 saturated carbocycles. The molecule has 0 radical (unpaired) electrons. The zero-order valence-electron chi connectivity index (χ0n) is 12.3. The highest BCUT2D eigenvalue weighted by atomic mass is 15.4. The van der Waals surface area contributed by atoms with Crippen molar-refractivity contribution in [3.05, 3.63) is 29.1 Å². The zero-order valence-corrected chi connectivity index (χ0v) is 12.3. The Bertz CT molecular complexity index is 564. The lowest BCUT2D eigenvalue weighted by Crippen LogP contribution is -2.14. The molecular formula is C13H22N6. The number of nitrogens with two attached hydrogens (primary N) is 1. The van der Waals surface area contributed by atoms with E-state index in [9.17, 15) is 0 Å². The van der Waals surface area contributed by atoms with Crippen LogP contribution in [-0.2, 0) is 6.54 Å². The van der Waals surface area contributed by atoms with Crippen LogP contribution < -0.4 is 5.73 Å². The van der Waals surface area contributed by atoms with Crippen molar-refractivity contribution < 1.29 is 0 Å². The highest BCUT2D eigenvalue weighted by molar-refractivity contribution is 5.27. The van der Waals surface area contributed by atoms with Crippen LogP contribution in [-0.4, -0.2) is 24.5 Å². The van der Waals surface area contributed by atoms with Crippen molar-refractivity contribution in [1.29, 1.82) is 0 Å². The fraction of sp³-hybridized carbons (Fsp3) is 0.615. The Morgan fingerprint density at radius 3 is 2.47 bits per heavy atom. The normalized spacial score (nSPS) is 13.2. The van der Waals surface area contributed by atoms with Crippen molar-refractivity contribution in [3.63, 3.8) is 0 Å². The van der Waals surface area contributed by atoms with E-state index in [2.05, 4.69) is 36.0 Å². The Balaban J connectivity index is 2.34. The van der Waals surface area contributed by atoms with Crippen LogP contribution in [0.3, 0.4) is 0 Å². The van der Waals surface area contributed by atoms with Gasteiger partial charge in [-0.25, -0.2) is 9.67 Å². The van der Waals surface area contributed by atoms with Crippen LogP contribution in [0.5, 0.6) is 0 Å². The molecule has 0 saturated heterocycles. The van der Waals surface area contributed by atoms with E-state index in [-0.39, 0.29) is 6.04 Å². The van der Waals surface area contributed by atoms with Gasteiger partial charge in [-0.2, -0.15) is 10.2 Å². The maximum Gasteiger partial charge on any atom is 0.148 e. The summed E-state index contributed by atoms with van der Waals surface area (Å²) in [6.45, 7) is 10.8. The average molecular weight is 262 g/mol. The van der Waals surface area contributed by atoms with E-state index < -0.39 is 0 Å². The maximum absolute atomic E-state index is 5.99. The summed E-state index contributed by atoms with van der Waals surface area (Å²) in [4.78, 5) is 4.32. The number of hydrogen-bond acceptors (Lipinski definition) is 4. The van der Waals surface area contributed by atoms with Gasteiger partial charge in [-0.15, -0.1) is 0 Å². The minimum Gasteiger partial charge on any atom is -0.324 e. The first kappa shape index (κ1) is 13.7. The smallest absolute Gasteiger partial charge is 0.148 e. The maximum atomic E-state index is 5.99. The Hall–Kier alpha value is -1.69. The van der Waals surface area contributed by atoms with E-state index in [0.717, 1.165) is 22.8 Å². The van der Waals surface area contributed by atoms with Gasteiger partial charge in [0.25, 0.3) is 0 Å². The van der Waals surface area contributed by atoms with Crippen LogP contribution in [0.25, 0.3) is 0 Å². The first-order valence-corrected chi connectivity index (χ1v) is 6.59. The van der Waals surface area contributed by atoms with Gasteiger partial charge in [-0.05, 0) is 34.6 Å². The Kier molecular flexibility index (Phi) is 3.71. The number of rotatable bonds is 4. The lowest BCUT2D eigenvalue weighted by Gasteiger charge is -2.11. The van der Waals surface area contributed by atoms with Gasteiger partial charge in [-0.3, -0.25) is 4.68 Å². The molecule has 6 heteroatoms. The van der Waals surface area contributed by atoms with E-state index >= 15 is 0 Å². The molecule has 2 rings (SSSR count). The zero-order chi connectivity index (χ0) is 14.2. The summed E-state index contributed by atoms with van der Waals surface area (Å²) in [6.07, 6.45) is 1.59. The van der Waals surface area contributed by atoms with Crippen molar-refractivity contribution in [2.24, 2.45) is 5.73 Å². The molecular weight excluding hydrogens is 240 g/mol. The van der Waals surface area contributed by atoms with Crippen LogP contribution in [0.15, 0.2) is 6.33 Å². The Morgan fingerprint density at radius 1 is 1.26 bits per heavy atom. The van der Waals surface area contributed by atoms with Gasteiger partial charge in [0, 0.05) is 23.3 Å². The first-order valence-electron chi connectivity index (χ1n) is 6.59. The number of hydrogen-bond donors (Lipinski definition) is 1. The van der Waals surface area contributed by atoms with E-state index in [1.807, 2.05) is 23.2 Å². The minimum atomic E-state index is -0.00304. The van der Waals surface area contributed by atoms with Crippen LogP contribution in [0.1, 0.15) is 55.6 Å². The van der Waals surface area contributed by atoms with Crippen molar-refractivity contribution in [2.75, 3.05) is 0 Å². The van der Waals surface area contributed by atoms with Crippen molar-refractivity contribution in [1.82, 2.24) is 24.5 Å². The van der Waals surface area contributed by atoms with Gasteiger partial charge in [0.15, 0.2) is 0 Å². The molecule has 104 valence electrons. The quantitative estimate of drug-likeness (QED) is 0.910. The number of aromatic nitrogens is 5. The molecule has 0 aliphatic carbocycles. The van der Waals surface area contributed by atoms with E-state index in [4.69, 9.17) is 5.73 Å². The summed E-state index contributed by atoms with van der Waals surface area (Å²) < 4.78 is 3.87. The van der Waals surface area contributed by atoms with Gasteiger partial charge >= 0.3 is 0 Å². The molecule has 6 nitrogen and oxygen atoms in total. The van der Waals surface area contributed by atoms with Crippen molar-refractivity contribution in [3.8, 4) is 0 Å². The van der Waals surface area contributed by atoms with Crippen molar-refractivity contribution >= 4 is 0 Å². The second-order valence-electron chi connectivity index (χ2n) is 5.25. The van der Waals surface area contributed by atoms with Gasteiger partial charge in [0.2, 0.25) is 0 Å². The Morgan fingerprint density at radius 2 is 1.95 bits per heavy atom. The molecule has 0 amide bonds. The van der Waals surface area contributed by atoms with Crippen LogP contribution in [0.4, 0.5) is 0 Å². The van der Waals surface area contributed by atoms with E-state index in [0.29, 0.717) is 12.6 Å². The molecule has 2 aromatic rings. The molecule has 0 aliphatic rings. The SMILES string of the molecule is Cc1nn(Cc2ncnn2C(C)C)c(C)c1C(C)N.